The smallest absolute Gasteiger partial charge is 0.462 e. The Bertz CT molecular complexity index is 1940. The molecule has 0 rings (SSSR count). The van der Waals surface area contributed by atoms with E-state index >= 15 is 0 Å². The van der Waals surface area contributed by atoms with E-state index in [0.29, 0.717) is 25.7 Å². The Morgan fingerprint density at radius 1 is 0.290 bits per heavy atom. The highest BCUT2D eigenvalue weighted by molar-refractivity contribution is 7.47. The van der Waals surface area contributed by atoms with Crippen LogP contribution in [0.2, 0.25) is 0 Å². The van der Waals surface area contributed by atoms with Crippen LogP contribution in [0.15, 0.2) is 0 Å². The number of rotatable bonds is 79. The van der Waals surface area contributed by atoms with Crippen molar-refractivity contribution < 1.29 is 80.2 Å². The van der Waals surface area contributed by atoms with E-state index in [2.05, 4.69) is 48.5 Å². The molecule has 0 aromatic carbocycles. The van der Waals surface area contributed by atoms with E-state index in [0.717, 1.165) is 108 Å². The van der Waals surface area contributed by atoms with Crippen LogP contribution in [0.4, 0.5) is 0 Å². The molecule has 0 fully saturated rings. The van der Waals surface area contributed by atoms with Gasteiger partial charge >= 0.3 is 39.5 Å². The fourth-order valence-corrected chi connectivity index (χ4v) is 14.0. The second-order valence-corrected chi connectivity index (χ2v) is 33.3. The van der Waals surface area contributed by atoms with Gasteiger partial charge in [0.2, 0.25) is 0 Å². The first kappa shape index (κ1) is 98.1. The van der Waals surface area contributed by atoms with Gasteiger partial charge in [0.05, 0.1) is 26.4 Å². The first-order valence-corrected chi connectivity index (χ1v) is 44.9. The zero-order valence-corrected chi connectivity index (χ0v) is 67.5. The van der Waals surface area contributed by atoms with Crippen LogP contribution >= 0.6 is 15.6 Å². The monoisotopic (exact) mass is 1470 g/mol. The normalized spacial score (nSPS) is 14.2. The van der Waals surface area contributed by atoms with Gasteiger partial charge in [-0.25, -0.2) is 9.13 Å². The Hall–Kier alpha value is -1.94. The van der Waals surface area contributed by atoms with E-state index in [1.807, 2.05) is 0 Å². The SMILES string of the molecule is CCCCCCCCCCCCCC(=O)OC[C@H](COP(=O)(O)OC[C@H](O)COP(=O)(O)OC[C@@H](COC(=O)CCCCCCCCCCCCCCCCCC(C)C)OC(=O)CCCCCCCCCCCCCCCCCCC(C)C)OC(=O)CCCCCCCCCCC(C)CC. The van der Waals surface area contributed by atoms with Gasteiger partial charge in [-0.1, -0.05) is 370 Å². The molecule has 0 aliphatic rings. The molecule has 17 nitrogen and oxygen atoms in total. The van der Waals surface area contributed by atoms with Crippen molar-refractivity contribution in [3.05, 3.63) is 0 Å². The van der Waals surface area contributed by atoms with Gasteiger partial charge in [-0.15, -0.1) is 0 Å². The molecule has 0 saturated heterocycles. The fourth-order valence-electron chi connectivity index (χ4n) is 12.5. The summed E-state index contributed by atoms with van der Waals surface area (Å²) in [4.78, 5) is 73.0. The van der Waals surface area contributed by atoms with Crippen LogP contribution in [0.5, 0.6) is 0 Å². The lowest BCUT2D eigenvalue weighted by atomic mass is 9.99. The molecule has 19 heteroatoms. The number of aliphatic hydroxyl groups excluding tert-OH is 1. The van der Waals surface area contributed by atoms with E-state index in [1.165, 1.54) is 231 Å². The first-order valence-electron chi connectivity index (χ1n) is 41.9. The molecular weight excluding hydrogens is 1310 g/mol. The Balaban J connectivity index is 5.24. The van der Waals surface area contributed by atoms with Crippen LogP contribution in [0.1, 0.15) is 421 Å². The average molecular weight is 1470 g/mol. The summed E-state index contributed by atoms with van der Waals surface area (Å²) in [5, 5.41) is 10.6. The number of hydrogen-bond donors (Lipinski definition) is 3. The summed E-state index contributed by atoms with van der Waals surface area (Å²) >= 11 is 0. The third-order valence-corrected chi connectivity index (χ3v) is 21.1. The molecular formula is C81H158O17P2. The number of hydrogen-bond acceptors (Lipinski definition) is 15. The maximum Gasteiger partial charge on any atom is 0.472 e. The number of esters is 4. The van der Waals surface area contributed by atoms with Crippen molar-refractivity contribution >= 4 is 39.5 Å². The van der Waals surface area contributed by atoms with E-state index in [9.17, 15) is 43.2 Å². The summed E-state index contributed by atoms with van der Waals surface area (Å²) in [5.41, 5.74) is 0. The van der Waals surface area contributed by atoms with Crippen LogP contribution in [0.25, 0.3) is 0 Å². The Labute approximate surface area is 613 Å². The van der Waals surface area contributed by atoms with Crippen molar-refractivity contribution in [1.82, 2.24) is 0 Å². The zero-order valence-electron chi connectivity index (χ0n) is 65.7. The Morgan fingerprint density at radius 2 is 0.510 bits per heavy atom. The lowest BCUT2D eigenvalue weighted by Gasteiger charge is -2.21. The molecule has 0 bridgehead atoms. The zero-order chi connectivity index (χ0) is 73.7. The number of ether oxygens (including phenoxy) is 4. The van der Waals surface area contributed by atoms with Gasteiger partial charge in [0.25, 0.3) is 0 Å². The van der Waals surface area contributed by atoms with Crippen LogP contribution in [-0.2, 0) is 65.4 Å². The van der Waals surface area contributed by atoms with Crippen molar-refractivity contribution in [2.45, 2.75) is 439 Å². The van der Waals surface area contributed by atoms with Crippen molar-refractivity contribution in [3.8, 4) is 0 Å². The van der Waals surface area contributed by atoms with E-state index in [1.54, 1.807) is 0 Å². The summed E-state index contributed by atoms with van der Waals surface area (Å²) in [5.74, 6) is 0.274. The van der Waals surface area contributed by atoms with Crippen LogP contribution in [-0.4, -0.2) is 96.7 Å². The predicted molar refractivity (Wildman–Crippen MR) is 409 cm³/mol. The molecule has 0 aromatic heterocycles. The van der Waals surface area contributed by atoms with Crippen LogP contribution < -0.4 is 0 Å². The summed E-state index contributed by atoms with van der Waals surface area (Å²) in [6.45, 7) is 12.0. The van der Waals surface area contributed by atoms with Gasteiger partial charge < -0.3 is 33.8 Å². The van der Waals surface area contributed by atoms with Gasteiger partial charge in [-0.3, -0.25) is 37.3 Å². The van der Waals surface area contributed by atoms with Crippen molar-refractivity contribution in [2.75, 3.05) is 39.6 Å². The third kappa shape index (κ3) is 73.0. The molecule has 0 saturated carbocycles. The average Bonchev–Trinajstić information content (AvgIpc) is 0.913. The minimum atomic E-state index is -4.96. The van der Waals surface area contributed by atoms with Gasteiger partial charge in [0.15, 0.2) is 12.2 Å². The van der Waals surface area contributed by atoms with E-state index < -0.39 is 97.5 Å². The number of carbonyl (C=O) groups excluding carboxylic acids is 4. The molecule has 0 amide bonds. The first-order chi connectivity index (χ1) is 48.3. The summed E-state index contributed by atoms with van der Waals surface area (Å²) in [6.07, 6.45) is 59.6. The van der Waals surface area contributed by atoms with Crippen molar-refractivity contribution in [2.24, 2.45) is 17.8 Å². The lowest BCUT2D eigenvalue weighted by molar-refractivity contribution is -0.161. The highest BCUT2D eigenvalue weighted by atomic mass is 31.2. The molecule has 0 radical (unpaired) electrons. The molecule has 0 aliphatic heterocycles. The van der Waals surface area contributed by atoms with Gasteiger partial charge in [-0.05, 0) is 43.4 Å². The number of phosphoric ester groups is 2. The minimum Gasteiger partial charge on any atom is -0.462 e. The number of unbranched alkanes of at least 4 members (excludes halogenated alkanes) is 46. The fraction of sp³-hybridized carbons (Fsp3) is 0.951. The van der Waals surface area contributed by atoms with Crippen molar-refractivity contribution in [3.63, 3.8) is 0 Å². The molecule has 3 N–H and O–H groups in total. The standard InChI is InChI=1S/C81H158O17P2/c1-8-10-11-12-13-14-26-33-41-48-55-62-78(83)91-69-77(98-81(86)65-58-51-44-37-36-40-47-54-61-74(7)9-2)71-96-100(89,90)94-67-75(82)66-93-99(87,88)95-70-76(68-92-79(84)63-56-49-42-34-29-24-21-17-19-23-28-32-39-46-53-60-73(5)6)97-80(85)64-57-50-43-35-30-25-20-16-15-18-22-27-31-38-45-52-59-72(3)4/h72-77,82H,8-71H2,1-7H3,(H,87,88)(H,89,90)/t74?,75-,76-,77-/m1/s1. The molecule has 0 aromatic rings. The van der Waals surface area contributed by atoms with Crippen molar-refractivity contribution in [1.29, 1.82) is 0 Å². The topological polar surface area (TPSA) is 237 Å². The summed E-state index contributed by atoms with van der Waals surface area (Å²) in [7, 11) is -9.92. The van der Waals surface area contributed by atoms with Gasteiger partial charge in [0.1, 0.15) is 19.3 Å². The lowest BCUT2D eigenvalue weighted by Crippen LogP contribution is -2.30. The quantitative estimate of drug-likeness (QED) is 0.0222. The molecule has 0 spiro atoms. The number of carbonyl (C=O) groups is 4. The molecule has 594 valence electrons. The Morgan fingerprint density at radius 3 is 0.760 bits per heavy atom. The molecule has 6 atom stereocenters. The van der Waals surface area contributed by atoms with Gasteiger partial charge in [-0.2, -0.15) is 0 Å². The van der Waals surface area contributed by atoms with Crippen LogP contribution in [0.3, 0.4) is 0 Å². The minimum absolute atomic E-state index is 0.105. The summed E-state index contributed by atoms with van der Waals surface area (Å²) in [6, 6.07) is 0. The predicted octanol–water partition coefficient (Wildman–Crippen LogP) is 24.1. The highest BCUT2D eigenvalue weighted by Gasteiger charge is 2.30. The Kier molecular flexibility index (Phi) is 69.9. The van der Waals surface area contributed by atoms with E-state index in [-0.39, 0.29) is 25.7 Å². The third-order valence-electron chi connectivity index (χ3n) is 19.2. The highest BCUT2D eigenvalue weighted by Crippen LogP contribution is 2.45. The molecule has 3 unspecified atom stereocenters. The molecule has 100 heavy (non-hydrogen) atoms. The number of phosphoric acid groups is 2. The second-order valence-electron chi connectivity index (χ2n) is 30.4. The summed E-state index contributed by atoms with van der Waals surface area (Å²) < 4.78 is 68.7. The molecule has 0 heterocycles. The second kappa shape index (κ2) is 71.3. The molecule has 0 aliphatic carbocycles. The number of aliphatic hydroxyl groups is 1. The van der Waals surface area contributed by atoms with Crippen LogP contribution in [0, 0.1) is 17.8 Å². The van der Waals surface area contributed by atoms with E-state index in [4.69, 9.17) is 37.0 Å². The maximum atomic E-state index is 13.1. The largest absolute Gasteiger partial charge is 0.472 e. The van der Waals surface area contributed by atoms with Gasteiger partial charge in [0, 0.05) is 25.7 Å². The maximum absolute atomic E-state index is 13.1.